The molecule has 2 nitrogen and oxygen atoms in total. The van der Waals surface area contributed by atoms with Gasteiger partial charge in [-0.1, -0.05) is 36.4 Å². The minimum absolute atomic E-state index is 0.0696. The molecule has 2 aromatic rings. The van der Waals surface area contributed by atoms with Crippen molar-refractivity contribution < 1.29 is 9.53 Å². The minimum Gasteiger partial charge on any atom is -0.489 e. The number of benzene rings is 2. The molecule has 0 N–H and O–H groups in total. The molecule has 0 saturated carbocycles. The smallest absolute Gasteiger partial charge is 0.160 e. The molecule has 0 heterocycles. The van der Waals surface area contributed by atoms with E-state index in [1.54, 1.807) is 6.92 Å². The second-order valence-electron chi connectivity index (χ2n) is 4.77. The largest absolute Gasteiger partial charge is 0.489 e. The number of aryl methyl sites for hydroxylation is 2. The Balaban J connectivity index is 2.19. The van der Waals surface area contributed by atoms with E-state index in [1.165, 1.54) is 5.56 Å². The summed E-state index contributed by atoms with van der Waals surface area (Å²) in [6, 6.07) is 13.7. The lowest BCUT2D eigenvalue weighted by molar-refractivity contribution is 0.101. The normalized spacial score (nSPS) is 10.3. The fourth-order valence-corrected chi connectivity index (χ4v) is 2.01. The van der Waals surface area contributed by atoms with Gasteiger partial charge in [0.05, 0.1) is 0 Å². The van der Waals surface area contributed by atoms with E-state index in [9.17, 15) is 4.79 Å². The van der Waals surface area contributed by atoms with Gasteiger partial charge in [0.15, 0.2) is 5.78 Å². The molecule has 2 heteroatoms. The lowest BCUT2D eigenvalue weighted by Crippen LogP contribution is -2.04. The molecule has 19 heavy (non-hydrogen) atoms. The van der Waals surface area contributed by atoms with Crippen LogP contribution in [0.15, 0.2) is 42.5 Å². The van der Waals surface area contributed by atoms with Gasteiger partial charge < -0.3 is 4.74 Å². The lowest BCUT2D eigenvalue weighted by atomic mass is 10.1. The van der Waals surface area contributed by atoms with Crippen LogP contribution >= 0.6 is 0 Å². The molecule has 98 valence electrons. The zero-order valence-corrected chi connectivity index (χ0v) is 11.6. The van der Waals surface area contributed by atoms with Crippen LogP contribution in [0.25, 0.3) is 0 Å². The molecule has 2 aromatic carbocycles. The maximum atomic E-state index is 11.5. The first-order valence-corrected chi connectivity index (χ1v) is 6.37. The standard InChI is InChI=1S/C17H18O2/c1-12-8-9-13(2)17(10-12)19-11-15-6-4-5-7-16(15)14(3)18/h4-10H,11H2,1-3H3. The van der Waals surface area contributed by atoms with Crippen LogP contribution in [0.1, 0.15) is 34.0 Å². The Morgan fingerprint density at radius 2 is 1.84 bits per heavy atom. The van der Waals surface area contributed by atoms with Gasteiger partial charge in [-0.3, -0.25) is 4.79 Å². The highest BCUT2D eigenvalue weighted by atomic mass is 16.5. The topological polar surface area (TPSA) is 26.3 Å². The molecular weight excluding hydrogens is 236 g/mol. The van der Waals surface area contributed by atoms with Crippen molar-refractivity contribution in [2.24, 2.45) is 0 Å². The molecular formula is C17H18O2. The molecule has 2 rings (SSSR count). The molecule has 0 saturated heterocycles. The van der Waals surface area contributed by atoms with Gasteiger partial charge in [-0.15, -0.1) is 0 Å². The van der Waals surface area contributed by atoms with Crippen LogP contribution in [-0.2, 0) is 6.61 Å². The molecule has 0 aliphatic carbocycles. The number of rotatable bonds is 4. The molecule has 0 spiro atoms. The summed E-state index contributed by atoms with van der Waals surface area (Å²) in [6.45, 7) is 6.05. The Bertz CT molecular complexity index is 600. The molecule has 0 amide bonds. The minimum atomic E-state index is 0.0696. The Kier molecular flexibility index (Phi) is 4.00. The lowest BCUT2D eigenvalue weighted by Gasteiger charge is -2.12. The summed E-state index contributed by atoms with van der Waals surface area (Å²) >= 11 is 0. The van der Waals surface area contributed by atoms with Gasteiger partial charge in [-0.05, 0) is 38.0 Å². The number of ketones is 1. The molecule has 0 aromatic heterocycles. The van der Waals surface area contributed by atoms with Gasteiger partial charge in [0.2, 0.25) is 0 Å². The van der Waals surface area contributed by atoms with Gasteiger partial charge in [0.25, 0.3) is 0 Å². The Hall–Kier alpha value is -2.09. The summed E-state index contributed by atoms with van der Waals surface area (Å²) in [7, 11) is 0. The van der Waals surface area contributed by atoms with Crippen molar-refractivity contribution in [3.05, 3.63) is 64.7 Å². The van der Waals surface area contributed by atoms with E-state index >= 15 is 0 Å². The van der Waals surface area contributed by atoms with Crippen molar-refractivity contribution in [1.82, 2.24) is 0 Å². The van der Waals surface area contributed by atoms with Crippen molar-refractivity contribution in [2.75, 3.05) is 0 Å². The summed E-state index contributed by atoms with van der Waals surface area (Å²) < 4.78 is 5.84. The molecule has 0 aliphatic rings. The van der Waals surface area contributed by atoms with Gasteiger partial charge in [-0.25, -0.2) is 0 Å². The van der Waals surface area contributed by atoms with Crippen molar-refractivity contribution in [3.8, 4) is 5.75 Å². The second-order valence-corrected chi connectivity index (χ2v) is 4.77. The monoisotopic (exact) mass is 254 g/mol. The van der Waals surface area contributed by atoms with Crippen LogP contribution in [0.3, 0.4) is 0 Å². The van der Waals surface area contributed by atoms with E-state index in [2.05, 4.69) is 6.07 Å². The number of Topliss-reactive ketones (excluding diaryl/α,β-unsaturated/α-hetero) is 1. The molecule has 0 bridgehead atoms. The third kappa shape index (κ3) is 3.22. The summed E-state index contributed by atoms with van der Waals surface area (Å²) in [5.41, 5.74) is 3.93. The molecule has 0 radical (unpaired) electrons. The average Bonchev–Trinajstić information content (AvgIpc) is 2.40. The number of hydrogen-bond acceptors (Lipinski definition) is 2. The molecule has 0 fully saturated rings. The highest BCUT2D eigenvalue weighted by Gasteiger charge is 2.07. The highest BCUT2D eigenvalue weighted by Crippen LogP contribution is 2.21. The van der Waals surface area contributed by atoms with E-state index in [0.29, 0.717) is 6.61 Å². The number of carbonyl (C=O) groups is 1. The van der Waals surface area contributed by atoms with E-state index in [0.717, 1.165) is 22.4 Å². The first-order chi connectivity index (χ1) is 9.08. The van der Waals surface area contributed by atoms with Crippen LogP contribution in [-0.4, -0.2) is 5.78 Å². The fraction of sp³-hybridized carbons (Fsp3) is 0.235. The zero-order valence-electron chi connectivity index (χ0n) is 11.6. The second kappa shape index (κ2) is 5.70. The number of carbonyl (C=O) groups excluding carboxylic acids is 1. The quantitative estimate of drug-likeness (QED) is 0.768. The van der Waals surface area contributed by atoms with Crippen LogP contribution in [0, 0.1) is 13.8 Å². The van der Waals surface area contributed by atoms with Gasteiger partial charge >= 0.3 is 0 Å². The number of ether oxygens (including phenoxy) is 1. The van der Waals surface area contributed by atoms with Gasteiger partial charge in [0, 0.05) is 11.1 Å². The van der Waals surface area contributed by atoms with E-state index in [1.807, 2.05) is 50.2 Å². The highest BCUT2D eigenvalue weighted by molar-refractivity contribution is 5.95. The third-order valence-electron chi connectivity index (χ3n) is 3.12. The summed E-state index contributed by atoms with van der Waals surface area (Å²) in [4.78, 5) is 11.5. The third-order valence-corrected chi connectivity index (χ3v) is 3.12. The predicted octanol–water partition coefficient (Wildman–Crippen LogP) is 4.09. The van der Waals surface area contributed by atoms with Crippen LogP contribution in [0.4, 0.5) is 0 Å². The maximum absolute atomic E-state index is 11.5. The van der Waals surface area contributed by atoms with Gasteiger partial charge in [-0.2, -0.15) is 0 Å². The fourth-order valence-electron chi connectivity index (χ4n) is 2.01. The maximum Gasteiger partial charge on any atom is 0.160 e. The van der Waals surface area contributed by atoms with Crippen molar-refractivity contribution in [1.29, 1.82) is 0 Å². The summed E-state index contributed by atoms with van der Waals surface area (Å²) in [5, 5.41) is 0. The average molecular weight is 254 g/mol. The van der Waals surface area contributed by atoms with Crippen LogP contribution in [0.2, 0.25) is 0 Å². The van der Waals surface area contributed by atoms with Crippen molar-refractivity contribution in [3.63, 3.8) is 0 Å². The Morgan fingerprint density at radius 3 is 2.58 bits per heavy atom. The first-order valence-electron chi connectivity index (χ1n) is 6.37. The van der Waals surface area contributed by atoms with Crippen molar-refractivity contribution >= 4 is 5.78 Å². The van der Waals surface area contributed by atoms with E-state index in [-0.39, 0.29) is 5.78 Å². The van der Waals surface area contributed by atoms with Crippen LogP contribution < -0.4 is 4.74 Å². The molecule has 0 aliphatic heterocycles. The van der Waals surface area contributed by atoms with E-state index < -0.39 is 0 Å². The van der Waals surface area contributed by atoms with E-state index in [4.69, 9.17) is 4.74 Å². The number of hydrogen-bond donors (Lipinski definition) is 0. The Morgan fingerprint density at radius 1 is 1.11 bits per heavy atom. The zero-order chi connectivity index (χ0) is 13.8. The van der Waals surface area contributed by atoms with Crippen molar-refractivity contribution in [2.45, 2.75) is 27.4 Å². The summed E-state index contributed by atoms with van der Waals surface area (Å²) in [5.74, 6) is 0.943. The first kappa shape index (κ1) is 13.3. The molecule has 0 unspecified atom stereocenters. The van der Waals surface area contributed by atoms with Gasteiger partial charge in [0.1, 0.15) is 12.4 Å². The Labute approximate surface area is 114 Å². The predicted molar refractivity (Wildman–Crippen MR) is 76.7 cm³/mol. The summed E-state index contributed by atoms with van der Waals surface area (Å²) in [6.07, 6.45) is 0. The SMILES string of the molecule is CC(=O)c1ccccc1COc1cc(C)ccc1C. The molecule has 0 atom stereocenters. The van der Waals surface area contributed by atoms with Crippen LogP contribution in [0.5, 0.6) is 5.75 Å².